The van der Waals surface area contributed by atoms with Gasteiger partial charge < -0.3 is 15.1 Å². The van der Waals surface area contributed by atoms with Gasteiger partial charge in [0.05, 0.1) is 5.69 Å². The minimum absolute atomic E-state index is 0.115. The van der Waals surface area contributed by atoms with Crippen molar-refractivity contribution in [3.8, 4) is 0 Å². The number of nitrogens with zero attached hydrogens (tertiary/aromatic N) is 3. The fraction of sp³-hybridized carbons (Fsp3) is 0.417. The molecule has 0 spiro atoms. The highest BCUT2D eigenvalue weighted by Gasteiger charge is 2.48. The van der Waals surface area contributed by atoms with Crippen LogP contribution in [0, 0.1) is 5.82 Å². The lowest BCUT2D eigenvalue weighted by Gasteiger charge is -2.44. The first kappa shape index (κ1) is 23.4. The number of benzene rings is 1. The van der Waals surface area contributed by atoms with Gasteiger partial charge in [0.2, 0.25) is 11.8 Å². The van der Waals surface area contributed by atoms with Crippen LogP contribution in [0.5, 0.6) is 0 Å². The number of hydrogen-bond acceptors (Lipinski definition) is 4. The van der Waals surface area contributed by atoms with Gasteiger partial charge in [0, 0.05) is 38.9 Å². The third-order valence-electron chi connectivity index (χ3n) is 5.80. The quantitative estimate of drug-likeness (QED) is 0.774. The van der Waals surface area contributed by atoms with Crippen molar-refractivity contribution in [3.63, 3.8) is 0 Å². The molecule has 1 fully saturated rings. The predicted octanol–water partition coefficient (Wildman–Crippen LogP) is 2.38. The summed E-state index contributed by atoms with van der Waals surface area (Å²) in [5.74, 6) is -1.50. The third-order valence-corrected chi connectivity index (χ3v) is 5.80. The minimum atomic E-state index is -1.25. The molecule has 3 amide bonds. The molecule has 0 aliphatic carbocycles. The zero-order chi connectivity index (χ0) is 23.5. The smallest absolute Gasteiger partial charge is 0.252 e. The number of likely N-dealkylation sites (tertiary alicyclic amines) is 1. The first-order valence-electron chi connectivity index (χ1n) is 10.6. The van der Waals surface area contributed by atoms with Crippen molar-refractivity contribution in [2.24, 2.45) is 0 Å². The molecular weight excluding hydrogens is 411 g/mol. The van der Waals surface area contributed by atoms with Crippen LogP contribution in [0.3, 0.4) is 0 Å². The second-order valence-corrected chi connectivity index (χ2v) is 8.92. The van der Waals surface area contributed by atoms with E-state index in [2.05, 4.69) is 10.3 Å². The Morgan fingerprint density at radius 2 is 1.91 bits per heavy atom. The Morgan fingerprint density at radius 1 is 1.16 bits per heavy atom. The average molecular weight is 441 g/mol. The Bertz CT molecular complexity index is 1010. The summed E-state index contributed by atoms with van der Waals surface area (Å²) < 4.78 is 13.5. The number of aromatic nitrogens is 1. The highest BCUT2D eigenvalue weighted by Crippen LogP contribution is 2.35. The second-order valence-electron chi connectivity index (χ2n) is 8.92. The lowest BCUT2D eigenvalue weighted by Crippen LogP contribution is -2.62. The van der Waals surface area contributed by atoms with E-state index < -0.39 is 22.7 Å². The molecule has 0 bridgehead atoms. The van der Waals surface area contributed by atoms with Gasteiger partial charge in [-0.25, -0.2) is 4.39 Å². The topological polar surface area (TPSA) is 82.6 Å². The maximum Gasteiger partial charge on any atom is 0.252 e. The zero-order valence-corrected chi connectivity index (χ0v) is 18.9. The summed E-state index contributed by atoms with van der Waals surface area (Å²) in [5.41, 5.74) is -1.45. The fourth-order valence-electron chi connectivity index (χ4n) is 4.23. The number of halogens is 1. The maximum absolute atomic E-state index is 13.5. The molecule has 2 heterocycles. The molecule has 0 unspecified atom stereocenters. The Hall–Kier alpha value is -3.29. The largest absolute Gasteiger partial charge is 0.348 e. The van der Waals surface area contributed by atoms with Crippen molar-refractivity contribution in [1.29, 1.82) is 0 Å². The number of hydrogen-bond donors (Lipinski definition) is 1. The van der Waals surface area contributed by atoms with Crippen LogP contribution in [0.25, 0.3) is 0 Å². The number of carbonyl (C=O) groups is 3. The standard InChI is InChI=1S/C24H29FN4O3/c1-23(2,27-20(30)17-9-7-10-18(25)15-17)21(31)29-14-8-12-24(16-29,22(32)28(3)4)19-11-5-6-13-26-19/h5-7,9-11,13,15H,8,12,14,16H2,1-4H3,(H,27,30)/t24-/m0/s1. The van der Waals surface area contributed by atoms with E-state index in [1.165, 1.54) is 23.1 Å². The Morgan fingerprint density at radius 3 is 2.53 bits per heavy atom. The summed E-state index contributed by atoms with van der Waals surface area (Å²) >= 11 is 0. The zero-order valence-electron chi connectivity index (χ0n) is 18.9. The predicted molar refractivity (Wildman–Crippen MR) is 118 cm³/mol. The van der Waals surface area contributed by atoms with Crippen molar-refractivity contribution >= 4 is 17.7 Å². The van der Waals surface area contributed by atoms with Crippen LogP contribution in [-0.4, -0.2) is 65.2 Å². The molecule has 1 atom stereocenters. The molecule has 1 N–H and O–H groups in total. The van der Waals surface area contributed by atoms with Gasteiger partial charge in [0.15, 0.2) is 0 Å². The van der Waals surface area contributed by atoms with Crippen molar-refractivity contribution in [3.05, 3.63) is 65.7 Å². The van der Waals surface area contributed by atoms with E-state index in [9.17, 15) is 18.8 Å². The molecule has 0 saturated carbocycles. The molecule has 170 valence electrons. The minimum Gasteiger partial charge on any atom is -0.348 e. The lowest BCUT2D eigenvalue weighted by atomic mass is 9.75. The Labute approximate surface area is 187 Å². The summed E-state index contributed by atoms with van der Waals surface area (Å²) in [7, 11) is 3.38. The Balaban J connectivity index is 1.85. The van der Waals surface area contributed by atoms with Crippen LogP contribution >= 0.6 is 0 Å². The molecule has 1 aromatic carbocycles. The Kier molecular flexibility index (Phi) is 6.62. The number of likely N-dealkylation sites (N-methyl/N-ethyl adjacent to an activating group) is 1. The van der Waals surface area contributed by atoms with Gasteiger partial charge in [-0.05, 0) is 57.0 Å². The van der Waals surface area contributed by atoms with Crippen LogP contribution in [0.15, 0.2) is 48.7 Å². The van der Waals surface area contributed by atoms with E-state index in [-0.39, 0.29) is 23.9 Å². The summed E-state index contributed by atoms with van der Waals surface area (Å²) in [6, 6.07) is 10.7. The van der Waals surface area contributed by atoms with E-state index >= 15 is 0 Å². The highest BCUT2D eigenvalue weighted by atomic mass is 19.1. The van der Waals surface area contributed by atoms with Gasteiger partial charge in [0.1, 0.15) is 16.8 Å². The van der Waals surface area contributed by atoms with Crippen LogP contribution in [-0.2, 0) is 15.0 Å². The molecule has 1 aliphatic rings. The molecule has 8 heteroatoms. The van der Waals surface area contributed by atoms with E-state index in [1.54, 1.807) is 45.1 Å². The molecule has 2 aromatic rings. The van der Waals surface area contributed by atoms with Crippen LogP contribution < -0.4 is 5.32 Å². The maximum atomic E-state index is 13.5. The number of nitrogens with one attached hydrogen (secondary N) is 1. The van der Waals surface area contributed by atoms with E-state index in [0.29, 0.717) is 25.1 Å². The van der Waals surface area contributed by atoms with Gasteiger partial charge in [0.25, 0.3) is 5.91 Å². The summed E-state index contributed by atoms with van der Waals surface area (Å²) in [4.78, 5) is 46.9. The molecular formula is C24H29FN4O3. The summed E-state index contributed by atoms with van der Waals surface area (Å²) in [6.07, 6.45) is 2.83. The van der Waals surface area contributed by atoms with E-state index in [1.807, 2.05) is 12.1 Å². The lowest BCUT2D eigenvalue weighted by molar-refractivity contribution is -0.144. The SMILES string of the molecule is CN(C)C(=O)[C@@]1(c2ccccn2)CCCN(C(=O)C(C)(C)NC(=O)c2cccc(F)c2)C1. The highest BCUT2D eigenvalue weighted by molar-refractivity contribution is 5.99. The average Bonchev–Trinajstić information content (AvgIpc) is 2.78. The number of carbonyl (C=O) groups excluding carboxylic acids is 3. The van der Waals surface area contributed by atoms with Crippen molar-refractivity contribution in [1.82, 2.24) is 20.1 Å². The van der Waals surface area contributed by atoms with Crippen molar-refractivity contribution in [2.45, 2.75) is 37.6 Å². The van der Waals surface area contributed by atoms with Crippen LogP contribution in [0.1, 0.15) is 42.7 Å². The normalized spacial score (nSPS) is 18.7. The first-order chi connectivity index (χ1) is 15.1. The second kappa shape index (κ2) is 9.06. The first-order valence-corrected chi connectivity index (χ1v) is 10.6. The number of pyridine rings is 1. The monoisotopic (exact) mass is 440 g/mol. The van der Waals surface area contributed by atoms with Gasteiger partial charge >= 0.3 is 0 Å². The number of piperidine rings is 1. The molecule has 32 heavy (non-hydrogen) atoms. The third kappa shape index (κ3) is 4.64. The van der Waals surface area contributed by atoms with Gasteiger partial charge in [-0.3, -0.25) is 19.4 Å². The summed E-state index contributed by atoms with van der Waals surface area (Å²) in [6.45, 7) is 3.85. The van der Waals surface area contributed by atoms with Gasteiger partial charge in [-0.2, -0.15) is 0 Å². The molecule has 7 nitrogen and oxygen atoms in total. The number of amides is 3. The molecule has 1 aliphatic heterocycles. The van der Waals surface area contributed by atoms with Crippen molar-refractivity contribution < 1.29 is 18.8 Å². The summed E-state index contributed by atoms with van der Waals surface area (Å²) in [5, 5.41) is 2.71. The van der Waals surface area contributed by atoms with E-state index in [4.69, 9.17) is 0 Å². The molecule has 1 aromatic heterocycles. The van der Waals surface area contributed by atoms with Crippen LogP contribution in [0.4, 0.5) is 4.39 Å². The van der Waals surface area contributed by atoms with Crippen LogP contribution in [0.2, 0.25) is 0 Å². The van der Waals surface area contributed by atoms with Gasteiger partial charge in [-0.1, -0.05) is 12.1 Å². The van der Waals surface area contributed by atoms with Gasteiger partial charge in [-0.15, -0.1) is 0 Å². The molecule has 3 rings (SSSR count). The van der Waals surface area contributed by atoms with Crippen molar-refractivity contribution in [2.75, 3.05) is 27.2 Å². The number of rotatable bonds is 5. The fourth-order valence-corrected chi connectivity index (χ4v) is 4.23. The molecule has 1 saturated heterocycles. The molecule has 0 radical (unpaired) electrons. The van der Waals surface area contributed by atoms with E-state index in [0.717, 1.165) is 6.07 Å².